The van der Waals surface area contributed by atoms with Crippen LogP contribution in [-0.4, -0.2) is 31.1 Å². The number of nitrogens with one attached hydrogen (secondary N) is 1. The second-order valence-corrected chi connectivity index (χ2v) is 8.36. The van der Waals surface area contributed by atoms with E-state index in [2.05, 4.69) is 39.2 Å². The number of nitriles is 1. The fourth-order valence-corrected chi connectivity index (χ4v) is 4.49. The van der Waals surface area contributed by atoms with Crippen LogP contribution in [0.3, 0.4) is 0 Å². The van der Waals surface area contributed by atoms with Crippen molar-refractivity contribution >= 4 is 44.9 Å². The highest BCUT2D eigenvalue weighted by Gasteiger charge is 2.29. The first kappa shape index (κ1) is 20.9. The van der Waals surface area contributed by atoms with Crippen molar-refractivity contribution in [2.75, 3.05) is 18.0 Å². The first-order valence-corrected chi connectivity index (χ1v) is 10.5. The molecule has 0 aliphatic carbocycles. The lowest BCUT2D eigenvalue weighted by Crippen LogP contribution is -2.51. The molecule has 0 radical (unpaired) electrons. The average Bonchev–Trinajstić information content (AvgIpc) is 3.11. The molecule has 1 aromatic carbocycles. The van der Waals surface area contributed by atoms with Gasteiger partial charge in [0.15, 0.2) is 0 Å². The van der Waals surface area contributed by atoms with Crippen molar-refractivity contribution < 1.29 is 9.59 Å². The van der Waals surface area contributed by atoms with Crippen molar-refractivity contribution in [2.45, 2.75) is 18.9 Å². The van der Waals surface area contributed by atoms with E-state index in [4.69, 9.17) is 16.7 Å². The Morgan fingerprint density at radius 3 is 2.66 bits per heavy atom. The Labute approximate surface area is 180 Å². The minimum Gasteiger partial charge on any atom is -0.365 e. The largest absolute Gasteiger partial charge is 0.365 e. The van der Waals surface area contributed by atoms with Gasteiger partial charge in [0, 0.05) is 16.6 Å². The molecule has 5 N–H and O–H groups in total. The van der Waals surface area contributed by atoms with Crippen molar-refractivity contribution in [2.24, 2.45) is 11.5 Å². The molecule has 0 bridgehead atoms. The molecule has 1 aromatic heterocycles. The number of hydrogen-bond acceptors (Lipinski definition) is 5. The highest BCUT2D eigenvalue weighted by Crippen LogP contribution is 2.32. The summed E-state index contributed by atoms with van der Waals surface area (Å²) in [5.74, 6) is 5.37. The number of halogens is 1. The van der Waals surface area contributed by atoms with Gasteiger partial charge in [-0.15, -0.1) is 11.3 Å². The van der Waals surface area contributed by atoms with Crippen molar-refractivity contribution in [1.29, 1.82) is 5.26 Å². The predicted octanol–water partition coefficient (Wildman–Crippen LogP) is 2.52. The smallest absolute Gasteiger partial charge is 0.319 e. The van der Waals surface area contributed by atoms with Gasteiger partial charge in [0.05, 0.1) is 22.2 Å². The van der Waals surface area contributed by atoms with Crippen molar-refractivity contribution in [3.05, 3.63) is 49.6 Å². The molecule has 7 nitrogen and oxygen atoms in total. The topological polar surface area (TPSA) is 125 Å². The fraction of sp³-hybridized carbons (Fsp3) is 0.250. The number of rotatable bonds is 3. The number of piperidine rings is 1. The van der Waals surface area contributed by atoms with Crippen molar-refractivity contribution in [3.8, 4) is 17.9 Å². The number of carbonyl (C=O) groups is 2. The Hall–Kier alpha value is -2.85. The number of hydrogen-bond donors (Lipinski definition) is 3. The van der Waals surface area contributed by atoms with Crippen LogP contribution in [-0.2, 0) is 0 Å². The number of thiophene rings is 1. The standard InChI is InChI=1S/C20H18BrN5O2S/c21-16-8-12(3-5-13(16)10-22)4-6-15-9-17(18(29-15)19(23)27)26(20(24)28)14-2-1-7-25-11-14/h3,5,8-9,14,25H,1-2,7,11H2,(H2,23,27)(H2,24,28)/t14-/m0/s1. The van der Waals surface area contributed by atoms with E-state index in [-0.39, 0.29) is 10.9 Å². The lowest BCUT2D eigenvalue weighted by Gasteiger charge is -2.33. The van der Waals surface area contributed by atoms with Gasteiger partial charge in [-0.1, -0.05) is 11.8 Å². The molecule has 3 rings (SSSR count). The van der Waals surface area contributed by atoms with Crippen LogP contribution < -0.4 is 21.7 Å². The summed E-state index contributed by atoms with van der Waals surface area (Å²) < 4.78 is 0.654. The van der Waals surface area contributed by atoms with E-state index in [0.29, 0.717) is 32.7 Å². The summed E-state index contributed by atoms with van der Waals surface area (Å²) >= 11 is 4.46. The van der Waals surface area contributed by atoms with Crippen LogP contribution in [0.2, 0.25) is 0 Å². The molecule has 0 spiro atoms. The van der Waals surface area contributed by atoms with Gasteiger partial charge in [0.25, 0.3) is 5.91 Å². The molecule has 1 aliphatic heterocycles. The Bertz CT molecular complexity index is 1060. The maximum Gasteiger partial charge on any atom is 0.319 e. The Balaban J connectivity index is 1.97. The zero-order chi connectivity index (χ0) is 21.0. The van der Waals surface area contributed by atoms with E-state index >= 15 is 0 Å². The molecule has 29 heavy (non-hydrogen) atoms. The van der Waals surface area contributed by atoms with Gasteiger partial charge in [-0.2, -0.15) is 5.26 Å². The second kappa shape index (κ2) is 9.10. The van der Waals surface area contributed by atoms with Crippen LogP contribution in [0.15, 0.2) is 28.7 Å². The van der Waals surface area contributed by atoms with Crippen LogP contribution in [0, 0.1) is 23.2 Å². The first-order valence-electron chi connectivity index (χ1n) is 8.85. The van der Waals surface area contributed by atoms with E-state index in [1.165, 1.54) is 4.90 Å². The lowest BCUT2D eigenvalue weighted by molar-refractivity contribution is 0.100. The molecule has 148 valence electrons. The van der Waals surface area contributed by atoms with E-state index < -0.39 is 11.9 Å². The van der Waals surface area contributed by atoms with E-state index in [9.17, 15) is 9.59 Å². The summed E-state index contributed by atoms with van der Waals surface area (Å²) in [6.07, 6.45) is 1.69. The number of urea groups is 1. The van der Waals surface area contributed by atoms with E-state index in [1.54, 1.807) is 24.3 Å². The molecule has 1 aliphatic rings. The van der Waals surface area contributed by atoms with Gasteiger partial charge in [0.1, 0.15) is 10.9 Å². The van der Waals surface area contributed by atoms with Crippen molar-refractivity contribution in [3.63, 3.8) is 0 Å². The number of nitrogens with zero attached hydrogens (tertiary/aromatic N) is 2. The van der Waals surface area contributed by atoms with Crippen LogP contribution in [0.25, 0.3) is 0 Å². The SMILES string of the molecule is N#Cc1ccc(C#Cc2cc(N(C(N)=O)[C@H]3CCCNC3)c(C(N)=O)s2)cc1Br. The number of primary amides is 2. The molecule has 0 unspecified atom stereocenters. The molecule has 2 aromatic rings. The zero-order valence-corrected chi connectivity index (χ0v) is 17.8. The Kier molecular flexibility index (Phi) is 6.55. The van der Waals surface area contributed by atoms with E-state index in [1.807, 2.05) is 0 Å². The number of anilines is 1. The molecule has 9 heteroatoms. The van der Waals surface area contributed by atoms with Crippen LogP contribution in [0.1, 0.15) is 38.5 Å². The van der Waals surface area contributed by atoms with Gasteiger partial charge >= 0.3 is 6.03 Å². The lowest BCUT2D eigenvalue weighted by atomic mass is 10.1. The minimum absolute atomic E-state index is 0.149. The van der Waals surface area contributed by atoms with Crippen LogP contribution in [0.5, 0.6) is 0 Å². The van der Waals surface area contributed by atoms with Gasteiger partial charge in [0.2, 0.25) is 0 Å². The number of nitrogens with two attached hydrogens (primary N) is 2. The summed E-state index contributed by atoms with van der Waals surface area (Å²) in [6, 6.07) is 8.13. The maximum atomic E-state index is 12.2. The summed E-state index contributed by atoms with van der Waals surface area (Å²) in [7, 11) is 0. The van der Waals surface area contributed by atoms with Gasteiger partial charge in [-0.25, -0.2) is 4.79 Å². The third-order valence-electron chi connectivity index (χ3n) is 4.49. The summed E-state index contributed by atoms with van der Waals surface area (Å²) in [5.41, 5.74) is 12.8. The maximum absolute atomic E-state index is 12.2. The number of carbonyl (C=O) groups excluding carboxylic acids is 2. The summed E-state index contributed by atoms with van der Waals surface area (Å²) in [6.45, 7) is 1.48. The average molecular weight is 472 g/mol. The Morgan fingerprint density at radius 1 is 1.28 bits per heavy atom. The second-order valence-electron chi connectivity index (χ2n) is 6.45. The van der Waals surface area contributed by atoms with Crippen LogP contribution >= 0.6 is 27.3 Å². The highest BCUT2D eigenvalue weighted by atomic mass is 79.9. The highest BCUT2D eigenvalue weighted by molar-refractivity contribution is 9.10. The normalized spacial score (nSPS) is 15.7. The molecule has 1 fully saturated rings. The molecular formula is C20H18BrN5O2S. The molecule has 3 amide bonds. The van der Waals surface area contributed by atoms with Crippen LogP contribution in [0.4, 0.5) is 10.5 Å². The fourth-order valence-electron chi connectivity index (χ4n) is 3.16. The molecule has 2 heterocycles. The predicted molar refractivity (Wildman–Crippen MR) is 116 cm³/mol. The summed E-state index contributed by atoms with van der Waals surface area (Å²) in [5, 5.41) is 12.2. The van der Waals surface area contributed by atoms with Gasteiger partial charge in [-0.3, -0.25) is 9.69 Å². The zero-order valence-electron chi connectivity index (χ0n) is 15.4. The Morgan fingerprint density at radius 2 is 2.07 bits per heavy atom. The molecule has 1 saturated heterocycles. The molecule has 1 atom stereocenters. The molecule has 0 saturated carbocycles. The number of amides is 3. The van der Waals surface area contributed by atoms with Gasteiger partial charge in [-0.05, 0) is 59.6 Å². The quantitative estimate of drug-likeness (QED) is 0.594. The third kappa shape index (κ3) is 4.77. The third-order valence-corrected chi connectivity index (χ3v) is 6.20. The van der Waals surface area contributed by atoms with Crippen molar-refractivity contribution in [1.82, 2.24) is 5.32 Å². The monoisotopic (exact) mass is 471 g/mol. The molecular weight excluding hydrogens is 454 g/mol. The summed E-state index contributed by atoms with van der Waals surface area (Å²) in [4.78, 5) is 26.4. The number of benzene rings is 1. The first-order chi connectivity index (χ1) is 13.9. The van der Waals surface area contributed by atoms with E-state index in [0.717, 1.165) is 30.7 Å². The van der Waals surface area contributed by atoms with Gasteiger partial charge < -0.3 is 16.8 Å². The minimum atomic E-state index is -0.630.